The zero-order chi connectivity index (χ0) is 16.6. The minimum atomic E-state index is -0.0690. The van der Waals surface area contributed by atoms with E-state index >= 15 is 0 Å². The van der Waals surface area contributed by atoms with Crippen LogP contribution in [0.15, 0.2) is 24.3 Å². The Morgan fingerprint density at radius 2 is 2.16 bits per heavy atom. The zero-order valence-electron chi connectivity index (χ0n) is 14.5. The second-order valence-electron chi connectivity index (χ2n) is 7.21. The molecular formula is C19H25ClN4O. The van der Waals surface area contributed by atoms with Gasteiger partial charge in [0.15, 0.2) is 5.69 Å². The summed E-state index contributed by atoms with van der Waals surface area (Å²) < 4.78 is 0. The topological polar surface area (TPSA) is 69.8 Å². The molecule has 1 aromatic carbocycles. The van der Waals surface area contributed by atoms with Crippen LogP contribution in [0.5, 0.6) is 0 Å². The minimum Gasteiger partial charge on any atom is -0.350 e. The van der Waals surface area contributed by atoms with E-state index in [1.807, 2.05) is 0 Å². The lowest BCUT2D eigenvalue weighted by molar-refractivity contribution is 0.0936. The van der Waals surface area contributed by atoms with Crippen molar-refractivity contribution in [2.45, 2.75) is 44.6 Å². The van der Waals surface area contributed by atoms with Gasteiger partial charge in [-0.2, -0.15) is 5.10 Å². The van der Waals surface area contributed by atoms with Crippen molar-refractivity contribution >= 4 is 18.3 Å². The number of nitrogens with one attached hydrogen (secondary N) is 3. The number of carbonyl (C=O) groups excluding carboxylic acids is 1. The fourth-order valence-corrected chi connectivity index (χ4v) is 4.09. The number of carbonyl (C=O) groups is 1. The van der Waals surface area contributed by atoms with Gasteiger partial charge in [0.05, 0.1) is 0 Å². The molecule has 1 aliphatic carbocycles. The predicted octanol–water partition coefficient (Wildman–Crippen LogP) is 2.50. The number of aromatic amines is 1. The number of hydrogen-bond donors (Lipinski definition) is 3. The third-order valence-electron chi connectivity index (χ3n) is 5.50. The summed E-state index contributed by atoms with van der Waals surface area (Å²) in [4.78, 5) is 12.7. The summed E-state index contributed by atoms with van der Waals surface area (Å²) in [5, 5.41) is 13.7. The Kier molecular flexibility index (Phi) is 5.16. The van der Waals surface area contributed by atoms with Gasteiger partial charge in [-0.05, 0) is 30.4 Å². The van der Waals surface area contributed by atoms with E-state index in [2.05, 4.69) is 52.0 Å². The summed E-state index contributed by atoms with van der Waals surface area (Å²) >= 11 is 0. The molecule has 2 aromatic rings. The molecule has 1 amide bonds. The van der Waals surface area contributed by atoms with E-state index < -0.39 is 0 Å². The fourth-order valence-electron chi connectivity index (χ4n) is 4.09. The monoisotopic (exact) mass is 360 g/mol. The fraction of sp³-hybridized carbons (Fsp3) is 0.474. The van der Waals surface area contributed by atoms with Gasteiger partial charge in [-0.1, -0.05) is 31.2 Å². The normalized spacial score (nSPS) is 21.6. The highest BCUT2D eigenvalue weighted by atomic mass is 35.5. The van der Waals surface area contributed by atoms with Gasteiger partial charge in [0, 0.05) is 42.7 Å². The van der Waals surface area contributed by atoms with E-state index in [0.29, 0.717) is 18.8 Å². The van der Waals surface area contributed by atoms with Crippen LogP contribution in [0.1, 0.15) is 52.6 Å². The minimum absolute atomic E-state index is 0. The van der Waals surface area contributed by atoms with Gasteiger partial charge in [-0.25, -0.2) is 0 Å². The van der Waals surface area contributed by atoms with Crippen molar-refractivity contribution < 1.29 is 4.79 Å². The molecule has 25 heavy (non-hydrogen) atoms. The third-order valence-corrected chi connectivity index (χ3v) is 5.50. The molecule has 134 valence electrons. The summed E-state index contributed by atoms with van der Waals surface area (Å²) in [6, 6.07) is 8.62. The number of rotatable bonds is 3. The van der Waals surface area contributed by atoms with Crippen LogP contribution in [0.2, 0.25) is 0 Å². The summed E-state index contributed by atoms with van der Waals surface area (Å²) in [5.41, 5.74) is 5.45. The average molecular weight is 361 g/mol. The molecule has 6 heteroatoms. The first-order chi connectivity index (χ1) is 11.7. The lowest BCUT2D eigenvalue weighted by Crippen LogP contribution is -2.41. The molecular weight excluding hydrogens is 336 g/mol. The van der Waals surface area contributed by atoms with Crippen molar-refractivity contribution in [3.8, 4) is 0 Å². The van der Waals surface area contributed by atoms with Crippen LogP contribution in [0.4, 0.5) is 0 Å². The maximum atomic E-state index is 12.7. The number of H-pyrrole nitrogens is 1. The van der Waals surface area contributed by atoms with E-state index in [1.54, 1.807) is 0 Å². The summed E-state index contributed by atoms with van der Waals surface area (Å²) in [5.74, 6) is -0.0690. The highest BCUT2D eigenvalue weighted by molar-refractivity contribution is 5.94. The van der Waals surface area contributed by atoms with Crippen molar-refractivity contribution in [2.75, 3.05) is 13.1 Å². The Bertz CT molecular complexity index is 773. The number of hydrogen-bond acceptors (Lipinski definition) is 3. The van der Waals surface area contributed by atoms with Crippen LogP contribution in [-0.4, -0.2) is 29.2 Å². The molecule has 2 aliphatic rings. The van der Waals surface area contributed by atoms with Crippen molar-refractivity contribution in [3.63, 3.8) is 0 Å². The number of fused-ring (bicyclic) bond motifs is 2. The second kappa shape index (κ2) is 7.18. The van der Waals surface area contributed by atoms with E-state index in [-0.39, 0.29) is 23.7 Å². The molecule has 1 aromatic heterocycles. The Labute approximate surface area is 154 Å². The van der Waals surface area contributed by atoms with E-state index in [4.69, 9.17) is 0 Å². The summed E-state index contributed by atoms with van der Waals surface area (Å²) in [6.45, 7) is 4.56. The Balaban J connectivity index is 0.00000182. The van der Waals surface area contributed by atoms with Gasteiger partial charge in [-0.15, -0.1) is 12.4 Å². The number of amides is 1. The maximum Gasteiger partial charge on any atom is 0.272 e. The van der Waals surface area contributed by atoms with Crippen LogP contribution >= 0.6 is 12.4 Å². The van der Waals surface area contributed by atoms with Crippen LogP contribution in [0, 0.1) is 0 Å². The van der Waals surface area contributed by atoms with Crippen molar-refractivity contribution in [2.24, 2.45) is 0 Å². The number of benzene rings is 1. The lowest BCUT2D eigenvalue weighted by atomic mass is 9.71. The highest BCUT2D eigenvalue weighted by Crippen LogP contribution is 2.36. The standard InChI is InChI=1S/C19H24N4O.ClH/c1-19(9-4-6-13-5-2-3-7-15(13)19)12-21-18(24)17-14-11-20-10-8-16(14)22-23-17;/h2-3,5,7,20H,4,6,8-12H2,1H3,(H,21,24)(H,22,23);1H. The van der Waals surface area contributed by atoms with Crippen LogP contribution in [0.25, 0.3) is 0 Å². The molecule has 0 saturated heterocycles. The van der Waals surface area contributed by atoms with E-state index in [9.17, 15) is 4.79 Å². The second-order valence-corrected chi connectivity index (χ2v) is 7.21. The largest absolute Gasteiger partial charge is 0.350 e. The molecule has 1 unspecified atom stereocenters. The van der Waals surface area contributed by atoms with Gasteiger partial charge >= 0.3 is 0 Å². The average Bonchev–Trinajstić information content (AvgIpc) is 3.04. The number of aryl methyl sites for hydroxylation is 1. The molecule has 4 rings (SSSR count). The molecule has 1 atom stereocenters. The molecule has 0 bridgehead atoms. The molecule has 3 N–H and O–H groups in total. The first-order valence-corrected chi connectivity index (χ1v) is 8.81. The Morgan fingerprint density at radius 3 is 3.04 bits per heavy atom. The van der Waals surface area contributed by atoms with Gasteiger partial charge in [0.25, 0.3) is 5.91 Å². The third kappa shape index (κ3) is 3.31. The van der Waals surface area contributed by atoms with Crippen molar-refractivity contribution in [1.29, 1.82) is 0 Å². The van der Waals surface area contributed by atoms with Crippen LogP contribution in [0.3, 0.4) is 0 Å². The highest BCUT2D eigenvalue weighted by Gasteiger charge is 2.32. The van der Waals surface area contributed by atoms with Gasteiger partial charge in [-0.3, -0.25) is 9.89 Å². The summed E-state index contributed by atoms with van der Waals surface area (Å²) in [7, 11) is 0. The van der Waals surface area contributed by atoms with Gasteiger partial charge in [0.2, 0.25) is 0 Å². The molecule has 0 fully saturated rings. The van der Waals surface area contributed by atoms with Crippen molar-refractivity contribution in [1.82, 2.24) is 20.8 Å². The smallest absolute Gasteiger partial charge is 0.272 e. The van der Waals surface area contributed by atoms with E-state index in [1.165, 1.54) is 17.5 Å². The van der Waals surface area contributed by atoms with Crippen molar-refractivity contribution in [3.05, 3.63) is 52.3 Å². The van der Waals surface area contributed by atoms with Gasteiger partial charge in [0.1, 0.15) is 0 Å². The van der Waals surface area contributed by atoms with Gasteiger partial charge < -0.3 is 10.6 Å². The van der Waals surface area contributed by atoms with Crippen LogP contribution < -0.4 is 10.6 Å². The molecule has 0 spiro atoms. The molecule has 0 radical (unpaired) electrons. The number of aromatic nitrogens is 2. The molecule has 5 nitrogen and oxygen atoms in total. The number of nitrogens with zero attached hydrogens (tertiary/aromatic N) is 1. The molecule has 1 aliphatic heterocycles. The predicted molar refractivity (Wildman–Crippen MR) is 100 cm³/mol. The van der Waals surface area contributed by atoms with Crippen LogP contribution in [-0.2, 0) is 24.8 Å². The zero-order valence-corrected chi connectivity index (χ0v) is 15.3. The Hall–Kier alpha value is -1.85. The molecule has 2 heterocycles. The maximum absolute atomic E-state index is 12.7. The Morgan fingerprint density at radius 1 is 1.32 bits per heavy atom. The lowest BCUT2D eigenvalue weighted by Gasteiger charge is -2.36. The molecule has 0 saturated carbocycles. The number of halogens is 1. The SMILES string of the molecule is CC1(CNC(=O)c2n[nH]c3c2CNCC3)CCCc2ccccc21.Cl. The first-order valence-electron chi connectivity index (χ1n) is 8.81. The summed E-state index contributed by atoms with van der Waals surface area (Å²) in [6.07, 6.45) is 4.31. The van der Waals surface area contributed by atoms with E-state index in [0.717, 1.165) is 37.1 Å². The first kappa shape index (κ1) is 18.0. The quantitative estimate of drug-likeness (QED) is 0.787.